The molecule has 0 saturated carbocycles. The van der Waals surface area contributed by atoms with Crippen molar-refractivity contribution in [1.29, 1.82) is 0 Å². The van der Waals surface area contributed by atoms with Crippen LogP contribution in [-0.2, 0) is 4.74 Å². The molecule has 1 amide bonds. The van der Waals surface area contributed by atoms with Crippen LogP contribution in [0.4, 0.5) is 5.69 Å². The van der Waals surface area contributed by atoms with Crippen molar-refractivity contribution in [1.82, 2.24) is 9.97 Å². The van der Waals surface area contributed by atoms with Crippen LogP contribution in [0.15, 0.2) is 61.1 Å². The number of nitrogens with one attached hydrogen (secondary N) is 2. The van der Waals surface area contributed by atoms with E-state index in [2.05, 4.69) is 20.0 Å². The third kappa shape index (κ3) is 3.33. The molecule has 6 heteroatoms. The van der Waals surface area contributed by atoms with E-state index >= 15 is 0 Å². The molecule has 0 bridgehead atoms. The highest BCUT2D eigenvalue weighted by Crippen LogP contribution is 2.19. The predicted molar refractivity (Wildman–Crippen MR) is 89.8 cm³/mol. The Labute approximate surface area is 138 Å². The zero-order valence-electron chi connectivity index (χ0n) is 12.9. The van der Waals surface area contributed by atoms with Gasteiger partial charge in [-0.2, -0.15) is 0 Å². The normalized spacial score (nSPS) is 10.2. The Morgan fingerprint density at radius 1 is 1.00 bits per heavy atom. The lowest BCUT2D eigenvalue weighted by molar-refractivity contribution is 0.0600. The highest BCUT2D eigenvalue weighted by Gasteiger charge is 2.09. The summed E-state index contributed by atoms with van der Waals surface area (Å²) < 4.78 is 4.63. The maximum atomic E-state index is 12.2. The summed E-state index contributed by atoms with van der Waals surface area (Å²) >= 11 is 0. The second-order valence-electron chi connectivity index (χ2n) is 5.07. The van der Waals surface area contributed by atoms with Crippen molar-refractivity contribution in [2.75, 3.05) is 12.4 Å². The van der Waals surface area contributed by atoms with Gasteiger partial charge in [0.2, 0.25) is 0 Å². The molecule has 0 saturated heterocycles. The smallest absolute Gasteiger partial charge is 0.337 e. The summed E-state index contributed by atoms with van der Waals surface area (Å²) in [5, 5.41) is 2.81. The first-order valence-electron chi connectivity index (χ1n) is 7.26. The second-order valence-corrected chi connectivity index (χ2v) is 5.07. The highest BCUT2D eigenvalue weighted by atomic mass is 16.5. The number of H-pyrrole nitrogens is 1. The number of carbonyl (C=O) groups excluding carboxylic acids is 2. The lowest BCUT2D eigenvalue weighted by Gasteiger charge is -2.07. The van der Waals surface area contributed by atoms with Gasteiger partial charge in [-0.1, -0.05) is 12.1 Å². The molecule has 1 heterocycles. The largest absolute Gasteiger partial charge is 0.465 e. The van der Waals surface area contributed by atoms with Crippen molar-refractivity contribution in [2.45, 2.75) is 0 Å². The average molecular weight is 321 g/mol. The van der Waals surface area contributed by atoms with Crippen molar-refractivity contribution < 1.29 is 14.3 Å². The molecule has 120 valence electrons. The molecule has 0 radical (unpaired) electrons. The fourth-order valence-corrected chi connectivity index (χ4v) is 2.23. The number of aromatic amines is 1. The minimum absolute atomic E-state index is 0.249. The molecular weight excluding hydrogens is 306 g/mol. The molecule has 0 aliphatic heterocycles. The summed E-state index contributed by atoms with van der Waals surface area (Å²) in [4.78, 5) is 30.6. The zero-order valence-corrected chi connectivity index (χ0v) is 12.9. The number of amides is 1. The molecule has 6 nitrogen and oxygen atoms in total. The predicted octanol–water partition coefficient (Wildman–Crippen LogP) is 3.12. The average Bonchev–Trinajstić information content (AvgIpc) is 3.16. The second kappa shape index (κ2) is 6.78. The van der Waals surface area contributed by atoms with Crippen molar-refractivity contribution >= 4 is 17.6 Å². The lowest BCUT2D eigenvalue weighted by Crippen LogP contribution is -2.12. The summed E-state index contributed by atoms with van der Waals surface area (Å²) in [7, 11) is 1.32. The molecule has 2 N–H and O–H groups in total. The van der Waals surface area contributed by atoms with Crippen LogP contribution >= 0.6 is 0 Å². The number of ether oxygens (including phenoxy) is 1. The topological polar surface area (TPSA) is 84.1 Å². The van der Waals surface area contributed by atoms with Gasteiger partial charge >= 0.3 is 5.97 Å². The van der Waals surface area contributed by atoms with Crippen molar-refractivity contribution in [3.8, 4) is 11.3 Å². The quantitative estimate of drug-likeness (QED) is 0.723. The summed E-state index contributed by atoms with van der Waals surface area (Å²) in [6.45, 7) is 0. The van der Waals surface area contributed by atoms with Gasteiger partial charge < -0.3 is 15.0 Å². The van der Waals surface area contributed by atoms with Crippen molar-refractivity contribution in [2.24, 2.45) is 0 Å². The maximum Gasteiger partial charge on any atom is 0.337 e. The Kier molecular flexibility index (Phi) is 4.38. The van der Waals surface area contributed by atoms with E-state index in [0.717, 1.165) is 11.3 Å². The number of hydrogen-bond donors (Lipinski definition) is 2. The van der Waals surface area contributed by atoms with E-state index in [-0.39, 0.29) is 5.91 Å². The van der Waals surface area contributed by atoms with Gasteiger partial charge in [-0.05, 0) is 42.0 Å². The fourth-order valence-electron chi connectivity index (χ4n) is 2.23. The van der Waals surface area contributed by atoms with Gasteiger partial charge in [0.1, 0.15) is 0 Å². The van der Waals surface area contributed by atoms with E-state index in [1.807, 2.05) is 24.3 Å². The molecule has 3 rings (SSSR count). The van der Waals surface area contributed by atoms with Crippen LogP contribution in [0, 0.1) is 0 Å². The third-order valence-corrected chi connectivity index (χ3v) is 3.52. The summed E-state index contributed by atoms with van der Waals surface area (Å²) in [6, 6.07) is 13.7. The highest BCUT2D eigenvalue weighted by molar-refractivity contribution is 6.04. The van der Waals surface area contributed by atoms with Gasteiger partial charge in [0.15, 0.2) is 0 Å². The Morgan fingerprint density at radius 3 is 2.25 bits per heavy atom. The first-order chi connectivity index (χ1) is 11.7. The van der Waals surface area contributed by atoms with Crippen LogP contribution in [0.5, 0.6) is 0 Å². The van der Waals surface area contributed by atoms with Crippen LogP contribution in [0.25, 0.3) is 11.3 Å². The van der Waals surface area contributed by atoms with E-state index in [4.69, 9.17) is 0 Å². The van der Waals surface area contributed by atoms with Crippen molar-refractivity contribution in [3.63, 3.8) is 0 Å². The fraction of sp³-hybridized carbons (Fsp3) is 0.0556. The number of aromatic nitrogens is 2. The molecular formula is C18H15N3O3. The van der Waals surface area contributed by atoms with Crippen LogP contribution in [-0.4, -0.2) is 29.0 Å². The number of esters is 1. The van der Waals surface area contributed by atoms with E-state index < -0.39 is 5.97 Å². The summed E-state index contributed by atoms with van der Waals surface area (Å²) in [6.07, 6.45) is 3.35. The van der Waals surface area contributed by atoms with Crippen LogP contribution in [0.3, 0.4) is 0 Å². The number of carbonyl (C=O) groups is 2. The van der Waals surface area contributed by atoms with Gasteiger partial charge in [-0.25, -0.2) is 9.78 Å². The summed E-state index contributed by atoms with van der Waals surface area (Å²) in [5.41, 5.74) is 3.43. The SMILES string of the molecule is COC(=O)c1ccc(C(=O)Nc2ccc(-c3cnc[nH]3)cc2)cc1. The maximum absolute atomic E-state index is 12.2. The van der Waals surface area contributed by atoms with E-state index in [1.165, 1.54) is 7.11 Å². The van der Waals surface area contributed by atoms with E-state index in [1.54, 1.807) is 36.8 Å². The number of benzene rings is 2. The van der Waals surface area contributed by atoms with Crippen molar-refractivity contribution in [3.05, 3.63) is 72.2 Å². The Hall–Kier alpha value is -3.41. The number of anilines is 1. The van der Waals surface area contributed by atoms with E-state index in [9.17, 15) is 9.59 Å². The molecule has 0 fully saturated rings. The molecule has 0 aliphatic rings. The van der Waals surface area contributed by atoms with Crippen LogP contribution < -0.4 is 5.32 Å². The minimum atomic E-state index is -0.434. The van der Waals surface area contributed by atoms with Gasteiger partial charge in [-0.15, -0.1) is 0 Å². The minimum Gasteiger partial charge on any atom is -0.465 e. The number of nitrogens with zero attached hydrogens (tertiary/aromatic N) is 1. The number of imidazole rings is 1. The van der Waals surface area contributed by atoms with Gasteiger partial charge in [0.05, 0.1) is 30.9 Å². The Morgan fingerprint density at radius 2 is 1.67 bits per heavy atom. The van der Waals surface area contributed by atoms with Gasteiger partial charge in [-0.3, -0.25) is 4.79 Å². The van der Waals surface area contributed by atoms with Gasteiger partial charge in [0.25, 0.3) is 5.91 Å². The van der Waals surface area contributed by atoms with Crippen LogP contribution in [0.2, 0.25) is 0 Å². The Balaban J connectivity index is 1.69. The number of methoxy groups -OCH3 is 1. The van der Waals surface area contributed by atoms with Crippen LogP contribution in [0.1, 0.15) is 20.7 Å². The molecule has 0 aliphatic carbocycles. The molecule has 0 spiro atoms. The molecule has 2 aromatic carbocycles. The molecule has 3 aromatic rings. The number of hydrogen-bond acceptors (Lipinski definition) is 4. The molecule has 1 aromatic heterocycles. The van der Waals surface area contributed by atoms with E-state index in [0.29, 0.717) is 16.8 Å². The molecule has 0 atom stereocenters. The van der Waals surface area contributed by atoms with Gasteiger partial charge in [0, 0.05) is 11.3 Å². The monoisotopic (exact) mass is 321 g/mol. The zero-order chi connectivity index (χ0) is 16.9. The first-order valence-corrected chi connectivity index (χ1v) is 7.26. The first kappa shape index (κ1) is 15.5. The third-order valence-electron chi connectivity index (χ3n) is 3.52. The Bertz CT molecular complexity index is 838. The molecule has 0 unspecified atom stereocenters. The number of rotatable bonds is 4. The molecule has 24 heavy (non-hydrogen) atoms. The standard InChI is InChI=1S/C18H15N3O3/c1-24-18(23)14-4-2-13(3-5-14)17(22)21-15-8-6-12(7-9-15)16-10-19-11-20-16/h2-11H,1H3,(H,19,20)(H,21,22). The summed E-state index contributed by atoms with van der Waals surface area (Å²) in [5.74, 6) is -0.683. The lowest BCUT2D eigenvalue weighted by atomic mass is 10.1.